The molecule has 0 aromatic heterocycles. The summed E-state index contributed by atoms with van der Waals surface area (Å²) in [6.07, 6.45) is 1.37. The van der Waals surface area contributed by atoms with Crippen LogP contribution >= 0.6 is 24.0 Å². The summed E-state index contributed by atoms with van der Waals surface area (Å²) in [5, 5.41) is 6.44. The maximum absolute atomic E-state index is 13.9. The first kappa shape index (κ1) is 24.0. The minimum atomic E-state index is -0.505. The van der Waals surface area contributed by atoms with Gasteiger partial charge >= 0.3 is 0 Å². The van der Waals surface area contributed by atoms with E-state index in [2.05, 4.69) is 15.6 Å². The first-order valence-electron chi connectivity index (χ1n) is 9.62. The number of hydrogen-bond donors (Lipinski definition) is 2. The zero-order valence-corrected chi connectivity index (χ0v) is 19.6. The fourth-order valence-corrected chi connectivity index (χ4v) is 3.35. The molecule has 162 valence electrons. The van der Waals surface area contributed by atoms with Crippen LogP contribution in [0.25, 0.3) is 0 Å². The normalized spacial score (nSPS) is 17.7. The van der Waals surface area contributed by atoms with Crippen molar-refractivity contribution in [1.29, 1.82) is 0 Å². The van der Waals surface area contributed by atoms with Crippen LogP contribution in [0.15, 0.2) is 47.5 Å². The van der Waals surface area contributed by atoms with E-state index in [0.717, 1.165) is 5.56 Å². The number of aliphatic imine (C=N–C) groups is 1. The van der Waals surface area contributed by atoms with Crippen LogP contribution in [0.2, 0.25) is 0 Å². The summed E-state index contributed by atoms with van der Waals surface area (Å²) in [6, 6.07) is 11.4. The van der Waals surface area contributed by atoms with Gasteiger partial charge in [0, 0.05) is 50.8 Å². The lowest BCUT2D eigenvalue weighted by atomic mass is 10.1. The van der Waals surface area contributed by atoms with Crippen molar-refractivity contribution in [2.24, 2.45) is 4.99 Å². The number of carbonyl (C=O) groups excluding carboxylic acids is 1. The van der Waals surface area contributed by atoms with Crippen LogP contribution < -0.4 is 10.6 Å². The van der Waals surface area contributed by atoms with Crippen LogP contribution in [0, 0.1) is 11.6 Å². The van der Waals surface area contributed by atoms with Crippen LogP contribution in [0.4, 0.5) is 8.78 Å². The number of benzene rings is 2. The molecule has 2 atom stereocenters. The van der Waals surface area contributed by atoms with Gasteiger partial charge in [0.1, 0.15) is 11.6 Å². The van der Waals surface area contributed by atoms with Crippen molar-refractivity contribution in [3.05, 3.63) is 70.8 Å². The third-order valence-electron chi connectivity index (χ3n) is 4.99. The lowest BCUT2D eigenvalue weighted by Gasteiger charge is -2.13. The summed E-state index contributed by atoms with van der Waals surface area (Å²) < 4.78 is 27.8. The zero-order chi connectivity index (χ0) is 21.0. The lowest BCUT2D eigenvalue weighted by Crippen LogP contribution is -2.40. The Hall–Kier alpha value is -2.23. The molecule has 1 saturated carbocycles. The lowest BCUT2D eigenvalue weighted by molar-refractivity contribution is 0.0827. The Balaban J connectivity index is 0.00000320. The van der Waals surface area contributed by atoms with Crippen LogP contribution in [0.3, 0.4) is 0 Å². The van der Waals surface area contributed by atoms with E-state index < -0.39 is 11.6 Å². The summed E-state index contributed by atoms with van der Waals surface area (Å²) in [5.41, 5.74) is 1.84. The Morgan fingerprint density at radius 1 is 1.17 bits per heavy atom. The predicted octanol–water partition coefficient (Wildman–Crippen LogP) is 3.55. The fraction of sp³-hybridized carbons (Fsp3) is 0.364. The minimum absolute atomic E-state index is 0. The van der Waals surface area contributed by atoms with E-state index in [1.165, 1.54) is 18.2 Å². The first-order valence-corrected chi connectivity index (χ1v) is 9.62. The molecule has 0 heterocycles. The number of nitrogens with one attached hydrogen (secondary N) is 2. The maximum Gasteiger partial charge on any atom is 0.253 e. The van der Waals surface area contributed by atoms with Crippen LogP contribution in [-0.4, -0.2) is 50.5 Å². The molecule has 8 heteroatoms. The van der Waals surface area contributed by atoms with Crippen molar-refractivity contribution < 1.29 is 13.6 Å². The minimum Gasteiger partial charge on any atom is -0.356 e. The van der Waals surface area contributed by atoms with E-state index in [4.69, 9.17) is 0 Å². The molecule has 5 nitrogen and oxygen atoms in total. The highest BCUT2D eigenvalue weighted by Gasteiger charge is 2.42. The summed E-state index contributed by atoms with van der Waals surface area (Å²) in [5.74, 6) is -0.639. The second-order valence-corrected chi connectivity index (χ2v) is 7.38. The van der Waals surface area contributed by atoms with E-state index in [0.29, 0.717) is 30.9 Å². The van der Waals surface area contributed by atoms with Gasteiger partial charge in [-0.1, -0.05) is 18.2 Å². The molecule has 1 amide bonds. The van der Waals surface area contributed by atoms with E-state index in [-0.39, 0.29) is 47.4 Å². The number of rotatable bonds is 6. The van der Waals surface area contributed by atoms with Crippen molar-refractivity contribution in [2.75, 3.05) is 27.7 Å². The predicted molar refractivity (Wildman–Crippen MR) is 126 cm³/mol. The summed E-state index contributed by atoms with van der Waals surface area (Å²) in [4.78, 5) is 17.8. The zero-order valence-electron chi connectivity index (χ0n) is 17.3. The molecule has 2 aromatic carbocycles. The standard InChI is InChI=1S/C22H26F2N4O.HI/c1-25-22(27-19-13-16(19)20-17(23)8-5-9-18(20)24)26-11-10-14-6-4-7-15(12-14)21(29)28(2)3;/h4-9,12,16,19H,10-11,13H2,1-3H3,(H2,25,26,27);1H. The smallest absolute Gasteiger partial charge is 0.253 e. The van der Waals surface area contributed by atoms with Crippen molar-refractivity contribution in [3.8, 4) is 0 Å². The number of amides is 1. The summed E-state index contributed by atoms with van der Waals surface area (Å²) >= 11 is 0. The number of carbonyl (C=O) groups is 1. The van der Waals surface area contributed by atoms with E-state index >= 15 is 0 Å². The quantitative estimate of drug-likeness (QED) is 0.343. The molecule has 1 fully saturated rings. The summed E-state index contributed by atoms with van der Waals surface area (Å²) in [7, 11) is 5.11. The molecule has 2 N–H and O–H groups in total. The summed E-state index contributed by atoms with van der Waals surface area (Å²) in [6.45, 7) is 0.616. The van der Waals surface area contributed by atoms with E-state index in [1.807, 2.05) is 18.2 Å². The number of hydrogen-bond acceptors (Lipinski definition) is 2. The van der Waals surface area contributed by atoms with Gasteiger partial charge in [-0.3, -0.25) is 9.79 Å². The number of halogens is 3. The maximum atomic E-state index is 13.9. The Morgan fingerprint density at radius 3 is 2.47 bits per heavy atom. The number of guanidine groups is 1. The Labute approximate surface area is 193 Å². The monoisotopic (exact) mass is 528 g/mol. The van der Waals surface area contributed by atoms with Crippen LogP contribution in [0.5, 0.6) is 0 Å². The highest BCUT2D eigenvalue weighted by molar-refractivity contribution is 14.0. The van der Waals surface area contributed by atoms with Crippen LogP contribution in [-0.2, 0) is 6.42 Å². The van der Waals surface area contributed by atoms with Crippen LogP contribution in [0.1, 0.15) is 33.8 Å². The molecule has 0 saturated heterocycles. The Morgan fingerprint density at radius 2 is 1.83 bits per heavy atom. The molecule has 2 aromatic rings. The largest absolute Gasteiger partial charge is 0.356 e. The Bertz CT molecular complexity index is 900. The topological polar surface area (TPSA) is 56.7 Å². The van der Waals surface area contributed by atoms with E-state index in [1.54, 1.807) is 32.1 Å². The van der Waals surface area contributed by atoms with Crippen molar-refractivity contribution in [1.82, 2.24) is 15.5 Å². The third-order valence-corrected chi connectivity index (χ3v) is 4.99. The van der Waals surface area contributed by atoms with Gasteiger partial charge in [0.15, 0.2) is 5.96 Å². The molecule has 0 radical (unpaired) electrons. The molecule has 0 bridgehead atoms. The molecule has 0 spiro atoms. The van der Waals surface area contributed by atoms with Gasteiger partial charge in [-0.15, -0.1) is 24.0 Å². The van der Waals surface area contributed by atoms with Gasteiger partial charge in [0.05, 0.1) is 0 Å². The molecule has 2 unspecified atom stereocenters. The SMILES string of the molecule is CN=C(NCCc1cccc(C(=O)N(C)C)c1)NC1CC1c1c(F)cccc1F.I. The molecular weight excluding hydrogens is 501 g/mol. The van der Waals surface area contributed by atoms with Gasteiger partial charge < -0.3 is 15.5 Å². The third kappa shape index (κ3) is 5.90. The molecule has 30 heavy (non-hydrogen) atoms. The average Bonchev–Trinajstić information content (AvgIpc) is 3.45. The van der Waals surface area contributed by atoms with Gasteiger partial charge in [-0.05, 0) is 42.7 Å². The second kappa shape index (κ2) is 10.7. The number of nitrogens with zero attached hydrogens (tertiary/aromatic N) is 2. The van der Waals surface area contributed by atoms with Gasteiger partial charge in [0.2, 0.25) is 0 Å². The first-order chi connectivity index (χ1) is 13.9. The van der Waals surface area contributed by atoms with E-state index in [9.17, 15) is 13.6 Å². The molecular formula is C22H27F2IN4O. The highest BCUT2D eigenvalue weighted by Crippen LogP contribution is 2.43. The van der Waals surface area contributed by atoms with Gasteiger partial charge in [-0.2, -0.15) is 0 Å². The van der Waals surface area contributed by atoms with Crippen molar-refractivity contribution >= 4 is 35.8 Å². The highest BCUT2D eigenvalue weighted by atomic mass is 127. The fourth-order valence-electron chi connectivity index (χ4n) is 3.35. The Kier molecular flexibility index (Phi) is 8.57. The van der Waals surface area contributed by atoms with Gasteiger partial charge in [0.25, 0.3) is 5.91 Å². The van der Waals surface area contributed by atoms with Crippen molar-refractivity contribution in [3.63, 3.8) is 0 Å². The van der Waals surface area contributed by atoms with Crippen molar-refractivity contribution in [2.45, 2.75) is 24.8 Å². The average molecular weight is 528 g/mol. The molecule has 3 rings (SSSR count). The van der Waals surface area contributed by atoms with Gasteiger partial charge in [-0.25, -0.2) is 8.78 Å². The molecule has 1 aliphatic carbocycles. The molecule has 0 aliphatic heterocycles. The molecule has 1 aliphatic rings. The second-order valence-electron chi connectivity index (χ2n) is 7.38.